The molecule has 1 aromatic carbocycles. The highest BCUT2D eigenvalue weighted by molar-refractivity contribution is 5.85. The molecule has 21 heavy (non-hydrogen) atoms. The van der Waals surface area contributed by atoms with Gasteiger partial charge >= 0.3 is 12.1 Å². The maximum Gasteiger partial charge on any atom is 0.408 e. The standard InChI is InChI=1S/C15H18N2O4/c1-14(2,3)21-13(20)17-15(4,12(18)19)11-7-5-10(9-16)6-8-11/h5-8H,1-4H3,(H,17,20)(H,18,19). The molecular weight excluding hydrogens is 272 g/mol. The Morgan fingerprint density at radius 2 is 1.71 bits per heavy atom. The summed E-state index contributed by atoms with van der Waals surface area (Å²) in [4.78, 5) is 23.4. The zero-order chi connectivity index (χ0) is 16.3. The number of carboxylic acids is 1. The molecule has 0 heterocycles. The number of carboxylic acid groups (broad SMARTS) is 1. The molecule has 1 rings (SSSR count). The van der Waals surface area contributed by atoms with E-state index in [1.165, 1.54) is 31.2 Å². The lowest BCUT2D eigenvalue weighted by molar-refractivity contribution is -0.144. The van der Waals surface area contributed by atoms with Gasteiger partial charge in [0.05, 0.1) is 11.6 Å². The van der Waals surface area contributed by atoms with Crippen molar-refractivity contribution in [1.82, 2.24) is 5.32 Å². The van der Waals surface area contributed by atoms with Crippen LogP contribution in [-0.2, 0) is 15.1 Å². The number of rotatable bonds is 3. The van der Waals surface area contributed by atoms with E-state index in [4.69, 9.17) is 10.00 Å². The first-order valence-electron chi connectivity index (χ1n) is 6.34. The van der Waals surface area contributed by atoms with E-state index in [9.17, 15) is 14.7 Å². The van der Waals surface area contributed by atoms with Gasteiger partial charge in [-0.1, -0.05) is 12.1 Å². The van der Waals surface area contributed by atoms with Crippen LogP contribution in [-0.4, -0.2) is 22.8 Å². The topological polar surface area (TPSA) is 99.4 Å². The van der Waals surface area contributed by atoms with Crippen LogP contribution in [0.2, 0.25) is 0 Å². The lowest BCUT2D eigenvalue weighted by Crippen LogP contribution is -2.51. The highest BCUT2D eigenvalue weighted by atomic mass is 16.6. The van der Waals surface area contributed by atoms with Gasteiger partial charge in [0.25, 0.3) is 0 Å². The average Bonchev–Trinajstić information content (AvgIpc) is 2.36. The average molecular weight is 290 g/mol. The van der Waals surface area contributed by atoms with Gasteiger partial charge in [0, 0.05) is 0 Å². The van der Waals surface area contributed by atoms with Crippen LogP contribution in [0.5, 0.6) is 0 Å². The number of nitrogens with zero attached hydrogens (tertiary/aromatic N) is 1. The number of ether oxygens (including phenoxy) is 1. The smallest absolute Gasteiger partial charge is 0.408 e. The van der Waals surface area contributed by atoms with Gasteiger partial charge in [-0.25, -0.2) is 9.59 Å². The Morgan fingerprint density at radius 3 is 2.10 bits per heavy atom. The van der Waals surface area contributed by atoms with Gasteiger partial charge in [0.2, 0.25) is 0 Å². The summed E-state index contributed by atoms with van der Waals surface area (Å²) in [6.45, 7) is 6.42. The monoisotopic (exact) mass is 290 g/mol. The number of amides is 1. The van der Waals surface area contributed by atoms with Crippen molar-refractivity contribution in [3.05, 3.63) is 35.4 Å². The second-order valence-corrected chi connectivity index (χ2v) is 5.75. The molecule has 6 heteroatoms. The van der Waals surface area contributed by atoms with Crippen molar-refractivity contribution in [1.29, 1.82) is 5.26 Å². The molecule has 0 aliphatic rings. The second-order valence-electron chi connectivity index (χ2n) is 5.75. The number of nitriles is 1. The number of aliphatic carboxylic acids is 1. The molecule has 6 nitrogen and oxygen atoms in total. The van der Waals surface area contributed by atoms with Crippen molar-refractivity contribution in [3.63, 3.8) is 0 Å². The van der Waals surface area contributed by atoms with Crippen molar-refractivity contribution in [2.45, 2.75) is 38.8 Å². The van der Waals surface area contributed by atoms with E-state index in [-0.39, 0.29) is 0 Å². The highest BCUT2D eigenvalue weighted by Gasteiger charge is 2.38. The molecule has 0 aliphatic heterocycles. The van der Waals surface area contributed by atoms with Crippen LogP contribution in [0.25, 0.3) is 0 Å². The summed E-state index contributed by atoms with van der Waals surface area (Å²) in [7, 11) is 0. The van der Waals surface area contributed by atoms with Gasteiger partial charge in [-0.15, -0.1) is 0 Å². The predicted molar refractivity (Wildman–Crippen MR) is 75.5 cm³/mol. The number of carbonyl (C=O) groups excluding carboxylic acids is 1. The minimum absolute atomic E-state index is 0.347. The van der Waals surface area contributed by atoms with Crippen LogP contribution >= 0.6 is 0 Å². The normalized spacial score (nSPS) is 13.7. The van der Waals surface area contributed by atoms with E-state index < -0.39 is 23.2 Å². The summed E-state index contributed by atoms with van der Waals surface area (Å²) in [5.41, 5.74) is -1.62. The van der Waals surface area contributed by atoms with Gasteiger partial charge in [0.1, 0.15) is 5.60 Å². The van der Waals surface area contributed by atoms with E-state index in [0.29, 0.717) is 11.1 Å². The van der Waals surface area contributed by atoms with Gasteiger partial charge in [-0.05, 0) is 45.4 Å². The molecule has 0 saturated carbocycles. The molecule has 0 saturated heterocycles. The fourth-order valence-electron chi connectivity index (χ4n) is 1.63. The second kappa shape index (κ2) is 5.83. The summed E-state index contributed by atoms with van der Waals surface area (Å²) >= 11 is 0. The van der Waals surface area contributed by atoms with E-state index in [1.807, 2.05) is 6.07 Å². The molecule has 1 aromatic rings. The van der Waals surface area contributed by atoms with Crippen molar-refractivity contribution in [2.75, 3.05) is 0 Å². The van der Waals surface area contributed by atoms with Crippen molar-refractivity contribution in [2.24, 2.45) is 0 Å². The van der Waals surface area contributed by atoms with E-state index in [0.717, 1.165) is 0 Å². The number of hydrogen-bond donors (Lipinski definition) is 2. The van der Waals surface area contributed by atoms with Crippen molar-refractivity contribution in [3.8, 4) is 6.07 Å². The molecule has 2 N–H and O–H groups in total. The maximum atomic E-state index is 11.8. The van der Waals surface area contributed by atoms with Gasteiger partial charge in [0.15, 0.2) is 5.54 Å². The Morgan fingerprint density at radius 1 is 1.19 bits per heavy atom. The highest BCUT2D eigenvalue weighted by Crippen LogP contribution is 2.22. The third-order valence-electron chi connectivity index (χ3n) is 2.77. The summed E-state index contributed by atoms with van der Waals surface area (Å²) in [5, 5.41) is 20.5. The Kier molecular flexibility index (Phi) is 4.58. The lowest BCUT2D eigenvalue weighted by atomic mass is 9.91. The van der Waals surface area contributed by atoms with Crippen LogP contribution in [0.4, 0.5) is 4.79 Å². The summed E-state index contributed by atoms with van der Waals surface area (Å²) < 4.78 is 5.08. The summed E-state index contributed by atoms with van der Waals surface area (Å²) in [5.74, 6) is -1.22. The minimum Gasteiger partial charge on any atom is -0.479 e. The summed E-state index contributed by atoms with van der Waals surface area (Å²) in [6.07, 6.45) is -0.822. The molecule has 1 amide bonds. The Labute approximate surface area is 123 Å². The molecule has 112 valence electrons. The minimum atomic E-state index is -1.64. The molecule has 0 fully saturated rings. The largest absolute Gasteiger partial charge is 0.479 e. The van der Waals surface area contributed by atoms with Gasteiger partial charge < -0.3 is 15.2 Å². The fraction of sp³-hybridized carbons (Fsp3) is 0.400. The number of carbonyl (C=O) groups is 2. The summed E-state index contributed by atoms with van der Waals surface area (Å²) in [6, 6.07) is 7.91. The zero-order valence-corrected chi connectivity index (χ0v) is 12.4. The molecule has 1 unspecified atom stereocenters. The van der Waals surface area contributed by atoms with Gasteiger partial charge in [-0.2, -0.15) is 5.26 Å². The molecule has 0 bridgehead atoms. The number of alkyl carbamates (subject to hydrolysis) is 1. The predicted octanol–water partition coefficient (Wildman–Crippen LogP) is 2.38. The lowest BCUT2D eigenvalue weighted by Gasteiger charge is -2.28. The fourth-order valence-corrected chi connectivity index (χ4v) is 1.63. The number of benzene rings is 1. The molecular formula is C15H18N2O4. The SMILES string of the molecule is CC(C)(C)OC(=O)NC(C)(C(=O)O)c1ccc(C#N)cc1. The van der Waals surface area contributed by atoms with Gasteiger partial charge in [-0.3, -0.25) is 0 Å². The van der Waals surface area contributed by atoms with E-state index >= 15 is 0 Å². The Hall–Kier alpha value is -2.55. The van der Waals surface area contributed by atoms with E-state index in [1.54, 1.807) is 20.8 Å². The van der Waals surface area contributed by atoms with Crippen LogP contribution in [0.1, 0.15) is 38.8 Å². The zero-order valence-electron chi connectivity index (χ0n) is 12.4. The third-order valence-corrected chi connectivity index (χ3v) is 2.77. The molecule has 0 aliphatic carbocycles. The van der Waals surface area contributed by atoms with Crippen LogP contribution in [0, 0.1) is 11.3 Å². The quantitative estimate of drug-likeness (QED) is 0.890. The Balaban J connectivity index is 3.06. The van der Waals surface area contributed by atoms with Crippen molar-refractivity contribution < 1.29 is 19.4 Å². The van der Waals surface area contributed by atoms with Crippen LogP contribution < -0.4 is 5.32 Å². The molecule has 0 aromatic heterocycles. The first kappa shape index (κ1) is 16.5. The Bertz CT molecular complexity index is 581. The van der Waals surface area contributed by atoms with Crippen LogP contribution in [0.3, 0.4) is 0 Å². The number of nitrogens with one attached hydrogen (secondary N) is 1. The first-order chi connectivity index (χ1) is 9.58. The molecule has 0 radical (unpaired) electrons. The van der Waals surface area contributed by atoms with Crippen LogP contribution in [0.15, 0.2) is 24.3 Å². The molecule has 0 spiro atoms. The molecule has 1 atom stereocenters. The number of hydrogen-bond acceptors (Lipinski definition) is 4. The maximum absolute atomic E-state index is 11.8. The van der Waals surface area contributed by atoms with E-state index in [2.05, 4.69) is 5.32 Å². The van der Waals surface area contributed by atoms with Crippen molar-refractivity contribution >= 4 is 12.1 Å². The third kappa shape index (κ3) is 4.21. The first-order valence-corrected chi connectivity index (χ1v) is 6.34.